The lowest BCUT2D eigenvalue weighted by molar-refractivity contribution is 0.0345. The van der Waals surface area contributed by atoms with Crippen LogP contribution in [0.15, 0.2) is 53.4 Å². The van der Waals surface area contributed by atoms with Crippen molar-refractivity contribution in [2.75, 3.05) is 46.1 Å². The summed E-state index contributed by atoms with van der Waals surface area (Å²) in [4.78, 5) is 2.39. The highest BCUT2D eigenvalue weighted by Gasteiger charge is 2.25. The Morgan fingerprint density at radius 1 is 0.931 bits per heavy atom. The van der Waals surface area contributed by atoms with E-state index in [-0.39, 0.29) is 10.9 Å². The minimum Gasteiger partial charge on any atom is -0.490 e. The van der Waals surface area contributed by atoms with Crippen LogP contribution in [0, 0.1) is 0 Å². The molecule has 1 saturated heterocycles. The van der Waals surface area contributed by atoms with Crippen LogP contribution in [0.4, 0.5) is 0 Å². The van der Waals surface area contributed by atoms with Crippen LogP contribution >= 0.6 is 0 Å². The summed E-state index contributed by atoms with van der Waals surface area (Å²) in [5.74, 6) is 1.05. The van der Waals surface area contributed by atoms with Gasteiger partial charge < -0.3 is 14.2 Å². The Balaban J connectivity index is 1.57. The van der Waals surface area contributed by atoms with Gasteiger partial charge in [0.25, 0.3) is 0 Å². The molecule has 4 rings (SSSR count). The van der Waals surface area contributed by atoms with Gasteiger partial charge in [-0.3, -0.25) is 4.90 Å². The first-order valence-electron chi connectivity index (χ1n) is 9.89. The third-order valence-corrected chi connectivity index (χ3v) is 6.54. The lowest BCUT2D eigenvalue weighted by atomic mass is 10.1. The van der Waals surface area contributed by atoms with E-state index in [1.807, 2.05) is 30.3 Å². The Labute approximate surface area is 171 Å². The number of nitrogens with zero attached hydrogens (tertiary/aromatic N) is 1. The lowest BCUT2D eigenvalue weighted by Crippen LogP contribution is -2.43. The molecule has 2 aliphatic heterocycles. The summed E-state index contributed by atoms with van der Waals surface area (Å²) in [6.07, 6.45) is 0.768. The molecule has 8 heteroatoms. The third-order valence-electron chi connectivity index (χ3n) is 5.07. The summed E-state index contributed by atoms with van der Waals surface area (Å²) >= 11 is 0. The van der Waals surface area contributed by atoms with Gasteiger partial charge in [-0.1, -0.05) is 30.3 Å². The van der Waals surface area contributed by atoms with Crippen LogP contribution in [0.25, 0.3) is 0 Å². The third kappa shape index (κ3) is 5.08. The van der Waals surface area contributed by atoms with Gasteiger partial charge in [0.2, 0.25) is 10.0 Å². The Kier molecular flexibility index (Phi) is 6.34. The van der Waals surface area contributed by atoms with Crippen LogP contribution in [0.3, 0.4) is 0 Å². The number of rotatable bonds is 6. The highest BCUT2D eigenvalue weighted by atomic mass is 32.2. The molecule has 2 aromatic carbocycles. The van der Waals surface area contributed by atoms with Gasteiger partial charge in [0.1, 0.15) is 0 Å². The Morgan fingerprint density at radius 2 is 1.66 bits per heavy atom. The number of ether oxygens (including phenoxy) is 3. The summed E-state index contributed by atoms with van der Waals surface area (Å²) in [6, 6.07) is 14.1. The molecule has 1 fully saturated rings. The Morgan fingerprint density at radius 3 is 2.41 bits per heavy atom. The van der Waals surface area contributed by atoms with E-state index in [1.54, 1.807) is 18.2 Å². The lowest BCUT2D eigenvalue weighted by Gasteiger charge is -2.31. The molecule has 2 aromatic rings. The van der Waals surface area contributed by atoms with Crippen molar-refractivity contribution >= 4 is 10.0 Å². The number of hydrogen-bond donors (Lipinski definition) is 1. The number of nitrogens with one attached hydrogen (secondary N) is 1. The summed E-state index contributed by atoms with van der Waals surface area (Å²) in [7, 11) is -3.75. The van der Waals surface area contributed by atoms with E-state index in [1.165, 1.54) is 0 Å². The predicted molar refractivity (Wildman–Crippen MR) is 109 cm³/mol. The van der Waals surface area contributed by atoms with Crippen molar-refractivity contribution in [2.45, 2.75) is 17.4 Å². The number of sulfonamides is 1. The zero-order valence-corrected chi connectivity index (χ0v) is 17.1. The van der Waals surface area contributed by atoms with Crippen LogP contribution in [0.1, 0.15) is 18.0 Å². The van der Waals surface area contributed by atoms with E-state index in [9.17, 15) is 8.42 Å². The monoisotopic (exact) mass is 418 g/mol. The Hall–Kier alpha value is -2.13. The fraction of sp³-hybridized carbons (Fsp3) is 0.429. The predicted octanol–water partition coefficient (Wildman–Crippen LogP) is 2.20. The molecule has 29 heavy (non-hydrogen) atoms. The maximum atomic E-state index is 13.2. The van der Waals surface area contributed by atoms with Crippen molar-refractivity contribution in [1.29, 1.82) is 0 Å². The van der Waals surface area contributed by atoms with E-state index < -0.39 is 10.0 Å². The topological polar surface area (TPSA) is 77.1 Å². The van der Waals surface area contributed by atoms with Crippen molar-refractivity contribution in [3.63, 3.8) is 0 Å². The summed E-state index contributed by atoms with van der Waals surface area (Å²) in [5.41, 5.74) is 0.928. The van der Waals surface area contributed by atoms with Gasteiger partial charge >= 0.3 is 0 Å². The molecular weight excluding hydrogens is 392 g/mol. The van der Waals surface area contributed by atoms with Gasteiger partial charge in [-0.25, -0.2) is 13.1 Å². The molecule has 1 atom stereocenters. The SMILES string of the molecule is O=S(=O)(NC(CN1CCOCC1)c1ccccc1)c1ccc2c(c1)OCCCO2. The quantitative estimate of drug-likeness (QED) is 0.775. The molecule has 2 aliphatic rings. The van der Waals surface area contributed by atoms with Crippen molar-refractivity contribution in [2.24, 2.45) is 0 Å². The highest BCUT2D eigenvalue weighted by molar-refractivity contribution is 7.89. The van der Waals surface area contributed by atoms with E-state index in [2.05, 4.69) is 9.62 Å². The first kappa shape index (κ1) is 20.2. The summed E-state index contributed by atoms with van der Waals surface area (Å²) < 4.78 is 45.9. The smallest absolute Gasteiger partial charge is 0.241 e. The fourth-order valence-electron chi connectivity index (χ4n) is 3.50. The Bertz CT molecular complexity index is 914. The van der Waals surface area contributed by atoms with E-state index in [0.717, 1.165) is 25.1 Å². The second-order valence-electron chi connectivity index (χ2n) is 7.16. The fourth-order valence-corrected chi connectivity index (χ4v) is 4.73. The number of fused-ring (bicyclic) bond motifs is 1. The van der Waals surface area contributed by atoms with Crippen LogP contribution in [0.5, 0.6) is 11.5 Å². The van der Waals surface area contributed by atoms with Crippen molar-refractivity contribution in [1.82, 2.24) is 9.62 Å². The molecule has 0 amide bonds. The standard InChI is InChI=1S/C21H26N2O5S/c24-29(25,18-7-8-20-21(15-18)28-12-4-11-27-20)22-19(17-5-2-1-3-6-17)16-23-9-13-26-14-10-23/h1-3,5-8,15,19,22H,4,9-14,16H2. The number of hydrogen-bond acceptors (Lipinski definition) is 6. The van der Waals surface area contributed by atoms with Crippen molar-refractivity contribution in [3.8, 4) is 11.5 Å². The second-order valence-corrected chi connectivity index (χ2v) is 8.87. The normalized spacial score (nSPS) is 18.8. The van der Waals surface area contributed by atoms with Crippen LogP contribution in [-0.4, -0.2) is 59.4 Å². The van der Waals surface area contributed by atoms with Crippen molar-refractivity contribution in [3.05, 3.63) is 54.1 Å². The van der Waals surface area contributed by atoms with Gasteiger partial charge in [0, 0.05) is 32.1 Å². The highest BCUT2D eigenvalue weighted by Crippen LogP contribution is 2.32. The summed E-state index contributed by atoms with van der Waals surface area (Å²) in [5, 5.41) is 0. The maximum absolute atomic E-state index is 13.2. The molecule has 0 aromatic heterocycles. The number of benzene rings is 2. The zero-order chi connectivity index (χ0) is 20.1. The van der Waals surface area contributed by atoms with Crippen molar-refractivity contribution < 1.29 is 22.6 Å². The number of morpholine rings is 1. The molecule has 0 radical (unpaired) electrons. The average Bonchev–Trinajstić information content (AvgIpc) is 2.99. The molecule has 1 N–H and O–H groups in total. The van der Waals surface area contributed by atoms with E-state index in [0.29, 0.717) is 44.5 Å². The van der Waals surface area contributed by atoms with Gasteiger partial charge in [0.15, 0.2) is 11.5 Å². The molecule has 2 heterocycles. The summed E-state index contributed by atoms with van der Waals surface area (Å²) in [6.45, 7) is 4.55. The second kappa shape index (κ2) is 9.13. The molecule has 0 spiro atoms. The molecule has 1 unspecified atom stereocenters. The molecule has 0 saturated carbocycles. The van der Waals surface area contributed by atoms with E-state index >= 15 is 0 Å². The van der Waals surface area contributed by atoms with Crippen LogP contribution in [-0.2, 0) is 14.8 Å². The minimum atomic E-state index is -3.75. The first-order chi connectivity index (χ1) is 14.1. The molecule has 156 valence electrons. The zero-order valence-electron chi connectivity index (χ0n) is 16.2. The van der Waals surface area contributed by atoms with Gasteiger partial charge in [-0.15, -0.1) is 0 Å². The van der Waals surface area contributed by atoms with E-state index in [4.69, 9.17) is 14.2 Å². The van der Waals surface area contributed by atoms with Crippen LogP contribution < -0.4 is 14.2 Å². The molecule has 7 nitrogen and oxygen atoms in total. The first-order valence-corrected chi connectivity index (χ1v) is 11.4. The van der Waals surface area contributed by atoms with Crippen LogP contribution in [0.2, 0.25) is 0 Å². The van der Waals surface area contributed by atoms with Gasteiger partial charge in [-0.05, 0) is 17.7 Å². The molecular formula is C21H26N2O5S. The van der Waals surface area contributed by atoms with Gasteiger partial charge in [-0.2, -0.15) is 0 Å². The maximum Gasteiger partial charge on any atom is 0.241 e. The molecule has 0 bridgehead atoms. The minimum absolute atomic E-state index is 0.171. The largest absolute Gasteiger partial charge is 0.490 e. The average molecular weight is 419 g/mol. The van der Waals surface area contributed by atoms with Gasteiger partial charge in [0.05, 0.1) is 37.4 Å². The molecule has 0 aliphatic carbocycles.